The van der Waals surface area contributed by atoms with E-state index in [-0.39, 0.29) is 24.0 Å². The van der Waals surface area contributed by atoms with E-state index in [4.69, 9.17) is 14.2 Å². The van der Waals surface area contributed by atoms with Crippen LogP contribution in [0.2, 0.25) is 0 Å². The Kier molecular flexibility index (Phi) is 5.90. The van der Waals surface area contributed by atoms with Gasteiger partial charge in [0.1, 0.15) is 5.82 Å². The van der Waals surface area contributed by atoms with Crippen LogP contribution in [0.25, 0.3) is 10.9 Å². The van der Waals surface area contributed by atoms with Crippen molar-refractivity contribution in [3.63, 3.8) is 0 Å². The molecule has 0 bridgehead atoms. The van der Waals surface area contributed by atoms with Crippen molar-refractivity contribution in [2.75, 3.05) is 27.9 Å². The van der Waals surface area contributed by atoms with Gasteiger partial charge in [-0.25, -0.2) is 4.98 Å². The van der Waals surface area contributed by atoms with Crippen molar-refractivity contribution in [3.05, 3.63) is 63.7 Å². The summed E-state index contributed by atoms with van der Waals surface area (Å²) in [7, 11) is 4.57. The van der Waals surface area contributed by atoms with Crippen molar-refractivity contribution < 1.29 is 19.0 Å². The highest BCUT2D eigenvalue weighted by Crippen LogP contribution is 2.40. The highest BCUT2D eigenvalue weighted by Gasteiger charge is 2.31. The maximum atomic E-state index is 12.5. The number of rotatable bonds is 6. The van der Waals surface area contributed by atoms with Crippen LogP contribution in [0.5, 0.6) is 11.5 Å². The number of methoxy groups -OCH3 is 3. The van der Waals surface area contributed by atoms with Crippen molar-refractivity contribution in [2.24, 2.45) is 0 Å². The van der Waals surface area contributed by atoms with Gasteiger partial charge in [0.2, 0.25) is 0 Å². The van der Waals surface area contributed by atoms with Crippen molar-refractivity contribution in [1.82, 2.24) is 14.9 Å². The Morgan fingerprint density at radius 3 is 2.65 bits per heavy atom. The van der Waals surface area contributed by atoms with Gasteiger partial charge in [-0.15, -0.1) is 0 Å². The third-order valence-electron chi connectivity index (χ3n) is 5.72. The molecule has 1 aromatic heterocycles. The first kappa shape index (κ1) is 20.9. The van der Waals surface area contributed by atoms with Gasteiger partial charge in [-0.2, -0.15) is 0 Å². The second-order valence-corrected chi connectivity index (χ2v) is 7.45. The first-order valence-corrected chi connectivity index (χ1v) is 10.1. The molecule has 2 aromatic carbocycles. The van der Waals surface area contributed by atoms with Crippen LogP contribution in [0.1, 0.15) is 29.4 Å². The number of H-pyrrole nitrogens is 1. The third kappa shape index (κ3) is 4.11. The first-order chi connectivity index (χ1) is 15.0. The van der Waals surface area contributed by atoms with Gasteiger partial charge in [-0.3, -0.25) is 14.5 Å². The quantitative estimate of drug-likeness (QED) is 0.609. The number of esters is 1. The molecule has 8 nitrogen and oxygen atoms in total. The van der Waals surface area contributed by atoms with Gasteiger partial charge in [0, 0.05) is 12.6 Å². The Balaban J connectivity index is 1.72. The minimum absolute atomic E-state index is 0.172. The lowest BCUT2D eigenvalue weighted by molar-refractivity contribution is -0.142. The number of fused-ring (bicyclic) bond motifs is 2. The molecule has 31 heavy (non-hydrogen) atoms. The summed E-state index contributed by atoms with van der Waals surface area (Å²) in [5.74, 6) is 1.52. The number of carbonyl (C=O) groups is 1. The molecule has 0 amide bonds. The van der Waals surface area contributed by atoms with E-state index in [1.807, 2.05) is 30.3 Å². The lowest BCUT2D eigenvalue weighted by Gasteiger charge is -2.37. The fourth-order valence-corrected chi connectivity index (χ4v) is 4.15. The van der Waals surface area contributed by atoms with Gasteiger partial charge in [-0.1, -0.05) is 12.1 Å². The van der Waals surface area contributed by atoms with Crippen LogP contribution in [0.15, 0.2) is 41.2 Å². The largest absolute Gasteiger partial charge is 0.493 e. The Labute approximate surface area is 179 Å². The molecule has 1 atom stereocenters. The van der Waals surface area contributed by atoms with E-state index < -0.39 is 0 Å². The maximum Gasteiger partial charge on any atom is 0.307 e. The number of aromatic nitrogens is 2. The monoisotopic (exact) mass is 423 g/mol. The molecule has 8 heteroatoms. The van der Waals surface area contributed by atoms with Crippen molar-refractivity contribution in [3.8, 4) is 11.5 Å². The number of hydrogen-bond donors (Lipinski definition) is 1. The van der Waals surface area contributed by atoms with Crippen LogP contribution in [-0.4, -0.2) is 48.7 Å². The molecule has 0 saturated carbocycles. The van der Waals surface area contributed by atoms with Crippen LogP contribution >= 0.6 is 0 Å². The van der Waals surface area contributed by atoms with E-state index in [2.05, 4.69) is 14.9 Å². The second kappa shape index (κ2) is 8.77. The molecule has 2 heterocycles. The van der Waals surface area contributed by atoms with E-state index in [1.165, 1.54) is 7.11 Å². The summed E-state index contributed by atoms with van der Waals surface area (Å²) in [6, 6.07) is 10.9. The Hall–Kier alpha value is -3.39. The van der Waals surface area contributed by atoms with E-state index in [9.17, 15) is 9.59 Å². The lowest BCUT2D eigenvalue weighted by Crippen LogP contribution is -2.37. The number of benzene rings is 2. The summed E-state index contributed by atoms with van der Waals surface area (Å²) in [5.41, 5.74) is 2.56. The number of carbonyl (C=O) groups excluding carboxylic acids is 1. The molecule has 0 fully saturated rings. The SMILES string of the molecule is COC(=O)C[C@H]1c2cc(OC)c(OC)cc2CCN1Cc1nc2ccccc2c(=O)[nH]1. The van der Waals surface area contributed by atoms with E-state index in [0.29, 0.717) is 41.3 Å². The molecule has 0 radical (unpaired) electrons. The highest BCUT2D eigenvalue weighted by atomic mass is 16.5. The average molecular weight is 423 g/mol. The smallest absolute Gasteiger partial charge is 0.307 e. The normalized spacial score (nSPS) is 16.0. The summed E-state index contributed by atoms with van der Waals surface area (Å²) in [6.45, 7) is 1.09. The Morgan fingerprint density at radius 1 is 1.16 bits per heavy atom. The van der Waals surface area contributed by atoms with Crippen LogP contribution in [-0.2, 0) is 22.5 Å². The Bertz CT molecular complexity index is 1170. The van der Waals surface area contributed by atoms with E-state index in [0.717, 1.165) is 17.5 Å². The number of para-hydroxylation sites is 1. The van der Waals surface area contributed by atoms with Gasteiger partial charge in [0.15, 0.2) is 11.5 Å². The van der Waals surface area contributed by atoms with Crippen LogP contribution < -0.4 is 15.0 Å². The van der Waals surface area contributed by atoms with Crippen molar-refractivity contribution in [1.29, 1.82) is 0 Å². The second-order valence-electron chi connectivity index (χ2n) is 7.45. The number of ether oxygens (including phenoxy) is 3. The summed E-state index contributed by atoms with van der Waals surface area (Å²) in [4.78, 5) is 34.3. The number of nitrogens with zero attached hydrogens (tertiary/aromatic N) is 2. The fourth-order valence-electron chi connectivity index (χ4n) is 4.15. The van der Waals surface area contributed by atoms with Crippen LogP contribution in [0.3, 0.4) is 0 Å². The number of nitrogens with one attached hydrogen (secondary N) is 1. The predicted octanol–water partition coefficient (Wildman–Crippen LogP) is 2.60. The lowest BCUT2D eigenvalue weighted by atomic mass is 9.90. The van der Waals surface area contributed by atoms with Gasteiger partial charge in [0.05, 0.1) is 45.2 Å². The third-order valence-corrected chi connectivity index (χ3v) is 5.72. The molecular formula is C23H25N3O5. The summed E-state index contributed by atoms with van der Waals surface area (Å²) in [6.07, 6.45) is 0.946. The van der Waals surface area contributed by atoms with Gasteiger partial charge < -0.3 is 19.2 Å². The molecule has 1 aliphatic heterocycles. The minimum Gasteiger partial charge on any atom is -0.493 e. The number of aromatic amines is 1. The standard InChI is InChI=1S/C23H25N3O5/c1-29-19-10-14-8-9-26(18(12-22(27)31-3)16(14)11-20(19)30-2)13-21-24-17-7-5-4-6-15(17)23(28)25-21/h4-7,10-11,18H,8-9,12-13H2,1-3H3,(H,24,25,28)/t18-/m0/s1. The maximum absolute atomic E-state index is 12.5. The molecule has 4 rings (SSSR count). The summed E-state index contributed by atoms with van der Waals surface area (Å²) >= 11 is 0. The first-order valence-electron chi connectivity index (χ1n) is 10.1. The molecule has 0 unspecified atom stereocenters. The van der Waals surface area contributed by atoms with Crippen molar-refractivity contribution in [2.45, 2.75) is 25.4 Å². The van der Waals surface area contributed by atoms with Gasteiger partial charge in [0.25, 0.3) is 5.56 Å². The van der Waals surface area contributed by atoms with Crippen LogP contribution in [0, 0.1) is 0 Å². The fraction of sp³-hybridized carbons (Fsp3) is 0.348. The molecule has 0 spiro atoms. The zero-order valence-corrected chi connectivity index (χ0v) is 17.8. The Morgan fingerprint density at radius 2 is 1.90 bits per heavy atom. The molecule has 3 aromatic rings. The zero-order chi connectivity index (χ0) is 22.0. The van der Waals surface area contributed by atoms with E-state index in [1.54, 1.807) is 20.3 Å². The van der Waals surface area contributed by atoms with E-state index >= 15 is 0 Å². The minimum atomic E-state index is -0.308. The van der Waals surface area contributed by atoms with Crippen LogP contribution in [0.4, 0.5) is 0 Å². The highest BCUT2D eigenvalue weighted by molar-refractivity contribution is 5.77. The summed E-state index contributed by atoms with van der Waals surface area (Å²) < 4.78 is 15.9. The summed E-state index contributed by atoms with van der Waals surface area (Å²) in [5, 5.41) is 0.554. The molecule has 1 N–H and O–H groups in total. The average Bonchev–Trinajstić information content (AvgIpc) is 2.79. The topological polar surface area (TPSA) is 93.8 Å². The van der Waals surface area contributed by atoms with Gasteiger partial charge in [-0.05, 0) is 41.8 Å². The van der Waals surface area contributed by atoms with Gasteiger partial charge >= 0.3 is 5.97 Å². The molecule has 162 valence electrons. The molecule has 0 saturated heterocycles. The molecule has 0 aliphatic carbocycles. The zero-order valence-electron chi connectivity index (χ0n) is 17.8. The number of hydrogen-bond acceptors (Lipinski definition) is 7. The predicted molar refractivity (Wildman–Crippen MR) is 115 cm³/mol. The molecular weight excluding hydrogens is 398 g/mol. The molecule has 1 aliphatic rings. The van der Waals surface area contributed by atoms with Crippen molar-refractivity contribution >= 4 is 16.9 Å².